The smallest absolute Gasteiger partial charge is 0.243 e. The summed E-state index contributed by atoms with van der Waals surface area (Å²) in [6, 6.07) is 4.24. The zero-order valence-corrected chi connectivity index (χ0v) is 12.2. The highest BCUT2D eigenvalue weighted by Gasteiger charge is 2.31. The van der Waals surface area contributed by atoms with Gasteiger partial charge in [0.05, 0.1) is 4.90 Å². The van der Waals surface area contributed by atoms with Gasteiger partial charge in [-0.25, -0.2) is 12.8 Å². The van der Waals surface area contributed by atoms with Crippen molar-refractivity contribution in [2.24, 2.45) is 0 Å². The second-order valence-electron chi connectivity index (χ2n) is 5.20. The third kappa shape index (κ3) is 2.96. The monoisotopic (exact) mass is 286 g/mol. The summed E-state index contributed by atoms with van der Waals surface area (Å²) < 4.78 is 39.9. The minimum atomic E-state index is -3.61. The molecule has 1 N–H and O–H groups in total. The van der Waals surface area contributed by atoms with E-state index < -0.39 is 15.8 Å². The zero-order chi connectivity index (χ0) is 14.2. The first-order valence-corrected chi connectivity index (χ1v) is 7.77. The molecule has 0 radical (unpaired) electrons. The third-order valence-corrected chi connectivity index (χ3v) is 5.13. The summed E-state index contributed by atoms with van der Waals surface area (Å²) in [5, 5.41) is 3.27. The SMILES string of the molecule is Cc1ccc(S(=O)(=O)N2C[C@@H](C)N[C@@H](C)C2)cc1F. The molecule has 0 bridgehead atoms. The minimum absolute atomic E-state index is 0.0249. The Morgan fingerprint density at radius 2 is 1.84 bits per heavy atom. The molecule has 1 aromatic rings. The lowest BCUT2D eigenvalue weighted by Crippen LogP contribution is -2.55. The Balaban J connectivity index is 2.33. The Morgan fingerprint density at radius 1 is 1.26 bits per heavy atom. The molecule has 1 aromatic carbocycles. The van der Waals surface area contributed by atoms with E-state index in [9.17, 15) is 12.8 Å². The van der Waals surface area contributed by atoms with E-state index in [2.05, 4.69) is 5.32 Å². The first kappa shape index (κ1) is 14.4. The standard InChI is InChI=1S/C13H19FN2O2S/c1-9-4-5-12(6-13(9)14)19(17,18)16-7-10(2)15-11(3)8-16/h4-6,10-11,15H,7-8H2,1-3H3/t10-,11+. The number of halogens is 1. The van der Waals surface area contributed by atoms with Crippen LogP contribution in [0, 0.1) is 12.7 Å². The van der Waals surface area contributed by atoms with Crippen molar-refractivity contribution in [3.05, 3.63) is 29.6 Å². The minimum Gasteiger partial charge on any atom is -0.309 e. The molecule has 1 aliphatic rings. The van der Waals surface area contributed by atoms with Gasteiger partial charge in [-0.1, -0.05) is 6.07 Å². The quantitative estimate of drug-likeness (QED) is 0.896. The summed E-state index contributed by atoms with van der Waals surface area (Å²) in [6.07, 6.45) is 0. The number of rotatable bonds is 2. The van der Waals surface area contributed by atoms with Crippen molar-refractivity contribution in [2.75, 3.05) is 13.1 Å². The fraction of sp³-hybridized carbons (Fsp3) is 0.538. The van der Waals surface area contributed by atoms with Crippen LogP contribution in [0.4, 0.5) is 4.39 Å². The van der Waals surface area contributed by atoms with Gasteiger partial charge in [0.15, 0.2) is 0 Å². The molecular weight excluding hydrogens is 267 g/mol. The van der Waals surface area contributed by atoms with Crippen molar-refractivity contribution >= 4 is 10.0 Å². The van der Waals surface area contributed by atoms with E-state index in [4.69, 9.17) is 0 Å². The first-order chi connectivity index (χ1) is 8.80. The van der Waals surface area contributed by atoms with Crippen molar-refractivity contribution in [3.63, 3.8) is 0 Å². The second-order valence-corrected chi connectivity index (χ2v) is 7.14. The number of benzene rings is 1. The van der Waals surface area contributed by atoms with Gasteiger partial charge < -0.3 is 5.32 Å². The molecule has 4 nitrogen and oxygen atoms in total. The van der Waals surface area contributed by atoms with E-state index in [0.717, 1.165) is 6.07 Å². The fourth-order valence-corrected chi connectivity index (χ4v) is 3.99. The Morgan fingerprint density at radius 3 is 2.37 bits per heavy atom. The second kappa shape index (κ2) is 5.19. The molecule has 1 heterocycles. The summed E-state index contributed by atoms with van der Waals surface area (Å²) in [5.74, 6) is -0.489. The molecule has 0 saturated carbocycles. The lowest BCUT2D eigenvalue weighted by atomic mass is 10.2. The van der Waals surface area contributed by atoms with E-state index in [1.54, 1.807) is 6.92 Å². The highest BCUT2D eigenvalue weighted by molar-refractivity contribution is 7.89. The summed E-state index contributed by atoms with van der Waals surface area (Å²) in [5.41, 5.74) is 0.445. The van der Waals surface area contributed by atoms with Crippen LogP contribution in [0.3, 0.4) is 0 Å². The number of nitrogens with one attached hydrogen (secondary N) is 1. The molecule has 1 fully saturated rings. The molecule has 0 amide bonds. The van der Waals surface area contributed by atoms with Crippen molar-refractivity contribution < 1.29 is 12.8 Å². The van der Waals surface area contributed by atoms with E-state index >= 15 is 0 Å². The number of nitrogens with zero attached hydrogens (tertiary/aromatic N) is 1. The van der Waals surface area contributed by atoms with Gasteiger partial charge in [0.1, 0.15) is 5.82 Å². The van der Waals surface area contributed by atoms with Gasteiger partial charge in [0, 0.05) is 25.2 Å². The van der Waals surface area contributed by atoms with Gasteiger partial charge in [-0.3, -0.25) is 0 Å². The summed E-state index contributed by atoms with van der Waals surface area (Å²) in [6.45, 7) is 6.30. The largest absolute Gasteiger partial charge is 0.309 e. The number of piperazine rings is 1. The molecule has 0 aliphatic carbocycles. The Bertz CT molecular complexity index is 564. The molecule has 106 valence electrons. The van der Waals surface area contributed by atoms with Crippen molar-refractivity contribution in [1.82, 2.24) is 9.62 Å². The van der Waals surface area contributed by atoms with E-state index in [-0.39, 0.29) is 17.0 Å². The average molecular weight is 286 g/mol. The topological polar surface area (TPSA) is 49.4 Å². The molecular formula is C13H19FN2O2S. The maximum absolute atomic E-state index is 13.5. The molecule has 2 atom stereocenters. The molecule has 0 unspecified atom stereocenters. The molecule has 1 aliphatic heterocycles. The zero-order valence-electron chi connectivity index (χ0n) is 11.4. The number of hydrogen-bond donors (Lipinski definition) is 1. The van der Waals surface area contributed by atoms with Crippen LogP contribution < -0.4 is 5.32 Å². The summed E-state index contributed by atoms with van der Waals surface area (Å²) in [7, 11) is -3.61. The van der Waals surface area contributed by atoms with Crippen molar-refractivity contribution in [1.29, 1.82) is 0 Å². The molecule has 0 aromatic heterocycles. The third-order valence-electron chi connectivity index (χ3n) is 3.31. The van der Waals surface area contributed by atoms with Gasteiger partial charge in [0.2, 0.25) is 10.0 Å². The van der Waals surface area contributed by atoms with Gasteiger partial charge in [-0.15, -0.1) is 0 Å². The Kier molecular flexibility index (Phi) is 3.94. The van der Waals surface area contributed by atoms with Gasteiger partial charge in [-0.05, 0) is 38.5 Å². The summed E-state index contributed by atoms with van der Waals surface area (Å²) in [4.78, 5) is 0.0249. The number of hydrogen-bond acceptors (Lipinski definition) is 3. The van der Waals surface area contributed by atoms with Crippen LogP contribution in [0.5, 0.6) is 0 Å². The molecule has 2 rings (SSSR count). The Hall–Kier alpha value is -0.980. The lowest BCUT2D eigenvalue weighted by Gasteiger charge is -2.35. The van der Waals surface area contributed by atoms with Crippen LogP contribution in [0.1, 0.15) is 19.4 Å². The predicted octanol–water partition coefficient (Wildman–Crippen LogP) is 1.51. The fourth-order valence-electron chi connectivity index (χ4n) is 2.36. The van der Waals surface area contributed by atoms with Crippen molar-refractivity contribution in [3.8, 4) is 0 Å². The van der Waals surface area contributed by atoms with Crippen LogP contribution >= 0.6 is 0 Å². The van der Waals surface area contributed by atoms with Crippen LogP contribution in [0.25, 0.3) is 0 Å². The van der Waals surface area contributed by atoms with Crippen molar-refractivity contribution in [2.45, 2.75) is 37.8 Å². The number of sulfonamides is 1. The molecule has 6 heteroatoms. The van der Waals surface area contributed by atoms with Gasteiger partial charge >= 0.3 is 0 Å². The normalized spacial score (nSPS) is 25.5. The maximum atomic E-state index is 13.5. The van der Waals surface area contributed by atoms with Crippen LogP contribution in [0.2, 0.25) is 0 Å². The van der Waals surface area contributed by atoms with Gasteiger partial charge in [0.25, 0.3) is 0 Å². The van der Waals surface area contributed by atoms with Crippen LogP contribution in [-0.2, 0) is 10.0 Å². The Labute approximate surface area is 113 Å². The van der Waals surface area contributed by atoms with E-state index in [0.29, 0.717) is 18.7 Å². The highest BCUT2D eigenvalue weighted by Crippen LogP contribution is 2.20. The lowest BCUT2D eigenvalue weighted by molar-refractivity contribution is 0.263. The maximum Gasteiger partial charge on any atom is 0.243 e. The van der Waals surface area contributed by atoms with Crippen LogP contribution in [0.15, 0.2) is 23.1 Å². The molecule has 1 saturated heterocycles. The summed E-state index contributed by atoms with van der Waals surface area (Å²) >= 11 is 0. The van der Waals surface area contributed by atoms with E-state index in [1.807, 2.05) is 13.8 Å². The predicted molar refractivity (Wildman–Crippen MR) is 72.0 cm³/mol. The molecule has 0 spiro atoms. The highest BCUT2D eigenvalue weighted by atomic mass is 32.2. The number of aryl methyl sites for hydroxylation is 1. The van der Waals surface area contributed by atoms with E-state index in [1.165, 1.54) is 16.4 Å². The van der Waals surface area contributed by atoms with Gasteiger partial charge in [-0.2, -0.15) is 4.31 Å². The van der Waals surface area contributed by atoms with Crippen LogP contribution in [-0.4, -0.2) is 37.9 Å². The first-order valence-electron chi connectivity index (χ1n) is 6.33. The molecule has 19 heavy (non-hydrogen) atoms. The average Bonchev–Trinajstić information content (AvgIpc) is 2.31.